The Labute approximate surface area is 122 Å². The minimum Gasteiger partial charge on any atom is -0.462 e. The molecule has 19 heavy (non-hydrogen) atoms. The third kappa shape index (κ3) is 4.09. The van der Waals surface area contributed by atoms with E-state index in [0.717, 1.165) is 12.1 Å². The first-order chi connectivity index (χ1) is 8.30. The Morgan fingerprint density at radius 1 is 1.53 bits per heavy atom. The van der Waals surface area contributed by atoms with Crippen LogP contribution >= 0.6 is 28.3 Å². The predicted molar refractivity (Wildman–Crippen MR) is 69.9 cm³/mol. The molecule has 1 aromatic rings. The molecule has 0 saturated carbocycles. The second-order valence-corrected chi connectivity index (χ2v) is 4.40. The molecule has 0 unspecified atom stereocenters. The van der Waals surface area contributed by atoms with Gasteiger partial charge in [0.2, 0.25) is 0 Å². The number of hydrogen-bond donors (Lipinski definition) is 1. The van der Waals surface area contributed by atoms with Crippen molar-refractivity contribution >= 4 is 34.3 Å². The second kappa shape index (κ2) is 7.12. The van der Waals surface area contributed by atoms with Crippen LogP contribution < -0.4 is 5.73 Å². The highest BCUT2D eigenvalue weighted by molar-refractivity contribution is 9.10. The molecular weight excluding hydrogens is 350 g/mol. The fourth-order valence-electron chi connectivity index (χ4n) is 1.30. The molecule has 0 aromatic heterocycles. The van der Waals surface area contributed by atoms with E-state index < -0.39 is 29.3 Å². The molecule has 0 radical (unpaired) electrons. The lowest BCUT2D eigenvalue weighted by Crippen LogP contribution is -2.42. The molecule has 1 atom stereocenters. The molecule has 0 amide bonds. The van der Waals surface area contributed by atoms with Crippen molar-refractivity contribution in [3.63, 3.8) is 0 Å². The molecule has 108 valence electrons. The molecule has 0 spiro atoms. The SMILES string of the molecule is CCOC(=O)C(F)(F)[C@H](N)c1cc(Br)ccc1F.Cl. The minimum atomic E-state index is -3.99. The van der Waals surface area contributed by atoms with Gasteiger partial charge in [-0.05, 0) is 25.1 Å². The van der Waals surface area contributed by atoms with Gasteiger partial charge in [0, 0.05) is 10.0 Å². The number of hydrogen-bond acceptors (Lipinski definition) is 3. The molecule has 1 aromatic carbocycles. The maximum absolute atomic E-state index is 13.6. The van der Waals surface area contributed by atoms with E-state index in [1.165, 1.54) is 13.0 Å². The number of benzene rings is 1. The monoisotopic (exact) mass is 361 g/mol. The van der Waals surface area contributed by atoms with Crippen LogP contribution in [0.1, 0.15) is 18.5 Å². The van der Waals surface area contributed by atoms with Crippen molar-refractivity contribution in [3.05, 3.63) is 34.1 Å². The van der Waals surface area contributed by atoms with Crippen LogP contribution in [-0.2, 0) is 9.53 Å². The molecule has 1 rings (SSSR count). The summed E-state index contributed by atoms with van der Waals surface area (Å²) in [4.78, 5) is 11.1. The first kappa shape index (κ1) is 18.2. The van der Waals surface area contributed by atoms with Crippen LogP contribution in [0.15, 0.2) is 22.7 Å². The van der Waals surface area contributed by atoms with Gasteiger partial charge in [0.1, 0.15) is 11.9 Å². The average molecular weight is 363 g/mol. The Kier molecular flexibility index (Phi) is 6.82. The molecule has 0 fully saturated rings. The van der Waals surface area contributed by atoms with Crippen LogP contribution in [0.4, 0.5) is 13.2 Å². The smallest absolute Gasteiger partial charge is 0.379 e. The van der Waals surface area contributed by atoms with Crippen molar-refractivity contribution in [2.45, 2.75) is 18.9 Å². The van der Waals surface area contributed by atoms with Gasteiger partial charge in [0.05, 0.1) is 6.61 Å². The number of halogens is 5. The van der Waals surface area contributed by atoms with E-state index in [4.69, 9.17) is 5.73 Å². The van der Waals surface area contributed by atoms with Gasteiger partial charge in [-0.25, -0.2) is 9.18 Å². The largest absolute Gasteiger partial charge is 0.462 e. The molecule has 0 aliphatic rings. The van der Waals surface area contributed by atoms with Crippen LogP contribution in [0, 0.1) is 5.82 Å². The topological polar surface area (TPSA) is 52.3 Å². The summed E-state index contributed by atoms with van der Waals surface area (Å²) >= 11 is 3.02. The zero-order valence-corrected chi connectivity index (χ0v) is 12.2. The van der Waals surface area contributed by atoms with Crippen LogP contribution in [0.25, 0.3) is 0 Å². The Balaban J connectivity index is 0.00000324. The quantitative estimate of drug-likeness (QED) is 0.837. The van der Waals surface area contributed by atoms with E-state index in [2.05, 4.69) is 20.7 Å². The van der Waals surface area contributed by atoms with Crippen molar-refractivity contribution in [1.82, 2.24) is 0 Å². The van der Waals surface area contributed by atoms with E-state index in [1.54, 1.807) is 0 Å². The molecule has 3 nitrogen and oxygen atoms in total. The van der Waals surface area contributed by atoms with Gasteiger partial charge in [-0.1, -0.05) is 15.9 Å². The van der Waals surface area contributed by atoms with Crippen LogP contribution in [0.5, 0.6) is 0 Å². The molecule has 8 heteroatoms. The Hall–Kier alpha value is -0.790. The van der Waals surface area contributed by atoms with E-state index >= 15 is 0 Å². The second-order valence-electron chi connectivity index (χ2n) is 3.49. The number of rotatable bonds is 4. The zero-order chi connectivity index (χ0) is 13.9. The number of esters is 1. The third-order valence-electron chi connectivity index (χ3n) is 2.23. The highest BCUT2D eigenvalue weighted by Gasteiger charge is 2.48. The molecule has 0 heterocycles. The van der Waals surface area contributed by atoms with Crippen LogP contribution in [0.3, 0.4) is 0 Å². The summed E-state index contributed by atoms with van der Waals surface area (Å²) < 4.78 is 45.2. The summed E-state index contributed by atoms with van der Waals surface area (Å²) in [6, 6.07) is 1.33. The van der Waals surface area contributed by atoms with E-state index in [9.17, 15) is 18.0 Å². The number of ether oxygens (including phenoxy) is 1. The summed E-state index contributed by atoms with van der Waals surface area (Å²) in [7, 11) is 0. The molecular formula is C11H12BrClF3NO2. The summed E-state index contributed by atoms with van der Waals surface area (Å²) in [5.74, 6) is -6.66. The number of alkyl halides is 2. The highest BCUT2D eigenvalue weighted by Crippen LogP contribution is 2.33. The molecule has 0 aliphatic heterocycles. The molecule has 0 aliphatic carbocycles. The normalized spacial score (nSPS) is 12.5. The Bertz CT molecular complexity index is 460. The minimum absolute atomic E-state index is 0. The lowest BCUT2D eigenvalue weighted by atomic mass is 10.0. The lowest BCUT2D eigenvalue weighted by molar-refractivity contribution is -0.174. The fourth-order valence-corrected chi connectivity index (χ4v) is 1.68. The van der Waals surface area contributed by atoms with Gasteiger partial charge in [-0.15, -0.1) is 12.4 Å². The van der Waals surface area contributed by atoms with Crippen LogP contribution in [-0.4, -0.2) is 18.5 Å². The Morgan fingerprint density at radius 3 is 2.63 bits per heavy atom. The van der Waals surface area contributed by atoms with Gasteiger partial charge in [0.15, 0.2) is 0 Å². The van der Waals surface area contributed by atoms with Gasteiger partial charge in [-0.3, -0.25) is 0 Å². The molecule has 0 saturated heterocycles. The van der Waals surface area contributed by atoms with Crippen molar-refractivity contribution < 1.29 is 22.7 Å². The zero-order valence-electron chi connectivity index (χ0n) is 9.83. The molecule has 2 N–H and O–H groups in total. The van der Waals surface area contributed by atoms with E-state index in [1.807, 2.05) is 0 Å². The number of nitrogens with two attached hydrogens (primary N) is 1. The standard InChI is InChI=1S/C11H11BrF3NO2.ClH/c1-2-18-10(17)11(14,15)9(16)7-5-6(12)3-4-8(7)13;/h3-5,9H,2,16H2,1H3;1H/t9-;/m1./s1. The summed E-state index contributed by atoms with van der Waals surface area (Å²) in [5.41, 5.74) is 4.81. The first-order valence-electron chi connectivity index (χ1n) is 5.06. The Morgan fingerprint density at radius 2 is 2.11 bits per heavy atom. The van der Waals surface area contributed by atoms with Gasteiger partial charge in [0.25, 0.3) is 0 Å². The lowest BCUT2D eigenvalue weighted by Gasteiger charge is -2.22. The van der Waals surface area contributed by atoms with Crippen molar-refractivity contribution in [2.24, 2.45) is 5.73 Å². The fraction of sp³-hybridized carbons (Fsp3) is 0.364. The van der Waals surface area contributed by atoms with Crippen molar-refractivity contribution in [2.75, 3.05) is 6.61 Å². The van der Waals surface area contributed by atoms with E-state index in [-0.39, 0.29) is 19.0 Å². The highest BCUT2D eigenvalue weighted by atomic mass is 79.9. The maximum atomic E-state index is 13.6. The predicted octanol–water partition coefficient (Wildman–Crippen LogP) is 3.21. The summed E-state index contributed by atoms with van der Waals surface area (Å²) in [6.07, 6.45) is 0. The van der Waals surface area contributed by atoms with Crippen molar-refractivity contribution in [1.29, 1.82) is 0 Å². The van der Waals surface area contributed by atoms with Crippen molar-refractivity contribution in [3.8, 4) is 0 Å². The van der Waals surface area contributed by atoms with Crippen LogP contribution in [0.2, 0.25) is 0 Å². The third-order valence-corrected chi connectivity index (χ3v) is 2.72. The van der Waals surface area contributed by atoms with Gasteiger partial charge in [-0.2, -0.15) is 8.78 Å². The summed E-state index contributed by atoms with van der Waals surface area (Å²) in [6.45, 7) is 1.18. The molecule has 0 bridgehead atoms. The average Bonchev–Trinajstić information content (AvgIpc) is 2.31. The first-order valence-corrected chi connectivity index (χ1v) is 5.85. The van der Waals surface area contributed by atoms with Gasteiger partial charge < -0.3 is 10.5 Å². The maximum Gasteiger partial charge on any atom is 0.379 e. The number of carbonyl (C=O) groups excluding carboxylic acids is 1. The summed E-state index contributed by atoms with van der Waals surface area (Å²) in [5, 5.41) is 0. The number of carbonyl (C=O) groups is 1. The van der Waals surface area contributed by atoms with Gasteiger partial charge >= 0.3 is 11.9 Å². The van der Waals surface area contributed by atoms with E-state index in [0.29, 0.717) is 4.47 Å².